The first-order valence-corrected chi connectivity index (χ1v) is 8.13. The highest BCUT2D eigenvalue weighted by molar-refractivity contribution is 7.80. The Hall–Kier alpha value is -0.800. The summed E-state index contributed by atoms with van der Waals surface area (Å²) in [5, 5.41) is 0.648. The lowest BCUT2D eigenvalue weighted by atomic mass is 9.88. The Morgan fingerprint density at radius 3 is 2.75 bits per heavy atom. The molecule has 0 heterocycles. The fourth-order valence-electron chi connectivity index (χ4n) is 4.00. The number of nitrogens with zero attached hydrogens (tertiary/aromatic N) is 1. The number of benzene rings is 1. The molecule has 20 heavy (non-hydrogen) atoms. The lowest BCUT2D eigenvalue weighted by Crippen LogP contribution is -2.28. The number of halogens is 1. The number of thiocarbonyl (C=S) groups is 1. The lowest BCUT2D eigenvalue weighted by Gasteiger charge is -2.28. The molecule has 0 amide bonds. The van der Waals surface area contributed by atoms with Crippen LogP contribution in [0.2, 0.25) is 5.02 Å². The molecule has 0 spiro atoms. The largest absolute Gasteiger partial charge is 0.389 e. The summed E-state index contributed by atoms with van der Waals surface area (Å²) in [5.74, 6) is 2.81. The number of rotatable bonds is 4. The molecule has 108 valence electrons. The van der Waals surface area contributed by atoms with Crippen LogP contribution in [0.4, 0.5) is 5.69 Å². The molecule has 2 aliphatic rings. The van der Waals surface area contributed by atoms with Crippen LogP contribution in [-0.2, 0) is 0 Å². The summed E-state index contributed by atoms with van der Waals surface area (Å²) in [5.41, 5.74) is 7.56. The Morgan fingerprint density at radius 2 is 2.20 bits per heavy atom. The number of fused-ring (bicyclic) bond motifs is 2. The monoisotopic (exact) mass is 308 g/mol. The fourth-order valence-corrected chi connectivity index (χ4v) is 4.51. The molecule has 2 nitrogen and oxygen atoms in total. The quantitative estimate of drug-likeness (QED) is 0.857. The van der Waals surface area contributed by atoms with Crippen molar-refractivity contribution in [3.63, 3.8) is 0 Å². The van der Waals surface area contributed by atoms with E-state index in [4.69, 9.17) is 29.6 Å². The van der Waals surface area contributed by atoms with Crippen LogP contribution in [0.1, 0.15) is 31.2 Å². The van der Waals surface area contributed by atoms with Crippen molar-refractivity contribution in [3.05, 3.63) is 28.8 Å². The van der Waals surface area contributed by atoms with Crippen molar-refractivity contribution >= 4 is 34.5 Å². The predicted molar refractivity (Wildman–Crippen MR) is 89.5 cm³/mol. The summed E-state index contributed by atoms with van der Waals surface area (Å²) >= 11 is 11.2. The molecule has 0 saturated heterocycles. The second-order valence-electron chi connectivity index (χ2n) is 6.34. The van der Waals surface area contributed by atoms with Gasteiger partial charge in [-0.05, 0) is 55.2 Å². The van der Waals surface area contributed by atoms with E-state index < -0.39 is 0 Å². The molecular weight excluding hydrogens is 288 g/mol. The average molecular weight is 309 g/mol. The van der Waals surface area contributed by atoms with Gasteiger partial charge in [0, 0.05) is 24.8 Å². The summed E-state index contributed by atoms with van der Waals surface area (Å²) in [7, 11) is 2.15. The molecule has 4 heteroatoms. The Labute approximate surface area is 131 Å². The lowest BCUT2D eigenvalue weighted by molar-refractivity contribution is 0.337. The van der Waals surface area contributed by atoms with E-state index in [1.165, 1.54) is 25.7 Å². The van der Waals surface area contributed by atoms with Gasteiger partial charge in [0.25, 0.3) is 0 Å². The zero-order chi connectivity index (χ0) is 14.3. The number of hydrogen-bond donors (Lipinski definition) is 1. The Balaban J connectivity index is 1.69. The summed E-state index contributed by atoms with van der Waals surface area (Å²) in [4.78, 5) is 2.68. The van der Waals surface area contributed by atoms with E-state index in [9.17, 15) is 0 Å². The molecule has 3 rings (SSSR count). The standard InChI is InChI=1S/C16H21ClN2S/c1-19(9-12-7-10-2-3-11(12)6-10)13-4-5-14(16(18)20)15(17)8-13/h4-5,8,10-12H,2-3,6-7,9H2,1H3,(H2,18,20). The van der Waals surface area contributed by atoms with Gasteiger partial charge in [0.2, 0.25) is 0 Å². The Morgan fingerprint density at radius 1 is 1.40 bits per heavy atom. The van der Waals surface area contributed by atoms with Crippen molar-refractivity contribution in [2.45, 2.75) is 25.7 Å². The van der Waals surface area contributed by atoms with Gasteiger partial charge in [0.05, 0.1) is 5.02 Å². The minimum atomic E-state index is 0.359. The van der Waals surface area contributed by atoms with E-state index in [0.717, 1.165) is 35.5 Å². The molecule has 2 fully saturated rings. The third-order valence-electron chi connectivity index (χ3n) is 5.05. The number of nitrogens with two attached hydrogens (primary N) is 1. The summed E-state index contributed by atoms with van der Waals surface area (Å²) in [6.45, 7) is 1.13. The molecule has 0 aromatic heterocycles. The molecule has 0 aliphatic heterocycles. The van der Waals surface area contributed by atoms with Gasteiger partial charge in [-0.25, -0.2) is 0 Å². The van der Waals surface area contributed by atoms with Crippen LogP contribution in [0.3, 0.4) is 0 Å². The van der Waals surface area contributed by atoms with E-state index in [2.05, 4.69) is 18.0 Å². The minimum absolute atomic E-state index is 0.359. The highest BCUT2D eigenvalue weighted by atomic mass is 35.5. The summed E-state index contributed by atoms with van der Waals surface area (Å²) < 4.78 is 0. The van der Waals surface area contributed by atoms with Crippen molar-refractivity contribution in [3.8, 4) is 0 Å². The van der Waals surface area contributed by atoms with Gasteiger partial charge in [-0.3, -0.25) is 0 Å². The van der Waals surface area contributed by atoms with Crippen molar-refractivity contribution in [2.24, 2.45) is 23.5 Å². The van der Waals surface area contributed by atoms with Crippen LogP contribution in [0.15, 0.2) is 18.2 Å². The Bertz CT molecular complexity index is 531. The molecule has 2 aliphatic carbocycles. The van der Waals surface area contributed by atoms with Gasteiger partial charge < -0.3 is 10.6 Å². The molecular formula is C16H21ClN2S. The Kier molecular flexibility index (Phi) is 3.91. The van der Waals surface area contributed by atoms with Crippen molar-refractivity contribution in [1.82, 2.24) is 0 Å². The SMILES string of the molecule is CN(CC1CC2CCC1C2)c1ccc(C(N)=S)c(Cl)c1. The predicted octanol–water partition coefficient (Wildman–Crippen LogP) is 3.85. The zero-order valence-corrected chi connectivity index (χ0v) is 13.4. The van der Waals surface area contributed by atoms with Crippen LogP contribution in [-0.4, -0.2) is 18.6 Å². The maximum atomic E-state index is 6.25. The van der Waals surface area contributed by atoms with E-state index in [1.54, 1.807) is 0 Å². The molecule has 3 unspecified atom stereocenters. The highest BCUT2D eigenvalue weighted by Crippen LogP contribution is 2.48. The highest BCUT2D eigenvalue weighted by Gasteiger charge is 2.39. The molecule has 1 aromatic rings. The molecule has 1 aromatic carbocycles. The van der Waals surface area contributed by atoms with Gasteiger partial charge in [-0.15, -0.1) is 0 Å². The second kappa shape index (κ2) is 5.53. The second-order valence-corrected chi connectivity index (χ2v) is 7.19. The van der Waals surface area contributed by atoms with Crippen LogP contribution < -0.4 is 10.6 Å². The third kappa shape index (κ3) is 2.66. The number of hydrogen-bond acceptors (Lipinski definition) is 2. The minimum Gasteiger partial charge on any atom is -0.389 e. The average Bonchev–Trinajstić information content (AvgIpc) is 3.00. The normalized spacial score (nSPS) is 27.8. The maximum Gasteiger partial charge on any atom is 0.105 e. The van der Waals surface area contributed by atoms with E-state index in [0.29, 0.717) is 10.0 Å². The van der Waals surface area contributed by atoms with Gasteiger partial charge in [0.1, 0.15) is 4.99 Å². The van der Waals surface area contributed by atoms with E-state index in [-0.39, 0.29) is 0 Å². The van der Waals surface area contributed by atoms with Gasteiger partial charge >= 0.3 is 0 Å². The smallest absolute Gasteiger partial charge is 0.105 e. The zero-order valence-electron chi connectivity index (χ0n) is 11.8. The first kappa shape index (κ1) is 14.2. The van der Waals surface area contributed by atoms with E-state index >= 15 is 0 Å². The third-order valence-corrected chi connectivity index (χ3v) is 5.58. The molecule has 2 bridgehead atoms. The maximum absolute atomic E-state index is 6.25. The van der Waals surface area contributed by atoms with Crippen molar-refractivity contribution < 1.29 is 0 Å². The fraction of sp³-hybridized carbons (Fsp3) is 0.562. The number of anilines is 1. The van der Waals surface area contributed by atoms with Gasteiger partial charge in [-0.1, -0.05) is 30.2 Å². The van der Waals surface area contributed by atoms with Crippen LogP contribution in [0.5, 0.6) is 0 Å². The molecule has 3 atom stereocenters. The topological polar surface area (TPSA) is 29.3 Å². The summed E-state index contributed by atoms with van der Waals surface area (Å²) in [6, 6.07) is 5.97. The van der Waals surface area contributed by atoms with Crippen LogP contribution in [0.25, 0.3) is 0 Å². The summed E-state index contributed by atoms with van der Waals surface area (Å²) in [6.07, 6.45) is 5.76. The molecule has 2 saturated carbocycles. The van der Waals surface area contributed by atoms with Crippen molar-refractivity contribution in [1.29, 1.82) is 0 Å². The molecule has 2 N–H and O–H groups in total. The van der Waals surface area contributed by atoms with E-state index in [1.807, 2.05) is 12.1 Å². The first-order chi connectivity index (χ1) is 9.54. The first-order valence-electron chi connectivity index (χ1n) is 7.35. The van der Waals surface area contributed by atoms with Gasteiger partial charge in [0.15, 0.2) is 0 Å². The van der Waals surface area contributed by atoms with Gasteiger partial charge in [-0.2, -0.15) is 0 Å². The van der Waals surface area contributed by atoms with Crippen LogP contribution >= 0.6 is 23.8 Å². The van der Waals surface area contributed by atoms with Crippen molar-refractivity contribution in [2.75, 3.05) is 18.5 Å². The van der Waals surface area contributed by atoms with Crippen LogP contribution in [0, 0.1) is 17.8 Å². The molecule has 0 radical (unpaired) electrons.